The number of nitrogen functional groups attached to an aromatic ring is 1. The van der Waals surface area contributed by atoms with Crippen LogP contribution < -0.4 is 5.73 Å². The molecule has 0 bridgehead atoms. The van der Waals surface area contributed by atoms with Crippen LogP contribution >= 0.6 is 0 Å². The second-order valence-electron chi connectivity index (χ2n) is 4.08. The van der Waals surface area contributed by atoms with Crippen LogP contribution in [0.4, 0.5) is 5.82 Å². The van der Waals surface area contributed by atoms with Gasteiger partial charge in [0.05, 0.1) is 12.9 Å². The number of Topliss-reactive ketones (excluding diaryl/α,β-unsaturated/α-hetero) is 1. The molecule has 0 spiro atoms. The van der Waals surface area contributed by atoms with Gasteiger partial charge in [-0.3, -0.25) is 4.79 Å². The number of hydrogen-bond acceptors (Lipinski definition) is 5. The SMILES string of the molecule is CCC(C)C(=O)Cn1cnc2c(N)ncnc21. The predicted molar refractivity (Wildman–Crippen MR) is 64.2 cm³/mol. The first-order chi connectivity index (χ1) is 8.13. The molecule has 6 nitrogen and oxygen atoms in total. The molecule has 0 radical (unpaired) electrons. The van der Waals surface area contributed by atoms with Gasteiger partial charge in [0, 0.05) is 5.92 Å². The average molecular weight is 233 g/mol. The van der Waals surface area contributed by atoms with E-state index in [9.17, 15) is 4.79 Å². The van der Waals surface area contributed by atoms with E-state index in [0.717, 1.165) is 6.42 Å². The van der Waals surface area contributed by atoms with Gasteiger partial charge in [-0.25, -0.2) is 15.0 Å². The average Bonchev–Trinajstić information content (AvgIpc) is 2.73. The van der Waals surface area contributed by atoms with Crippen molar-refractivity contribution in [2.24, 2.45) is 5.92 Å². The van der Waals surface area contributed by atoms with Crippen molar-refractivity contribution in [2.45, 2.75) is 26.8 Å². The van der Waals surface area contributed by atoms with Gasteiger partial charge in [0.2, 0.25) is 0 Å². The van der Waals surface area contributed by atoms with E-state index in [1.807, 2.05) is 13.8 Å². The lowest BCUT2D eigenvalue weighted by atomic mass is 10.0. The molecular weight excluding hydrogens is 218 g/mol. The van der Waals surface area contributed by atoms with Gasteiger partial charge in [-0.2, -0.15) is 0 Å². The number of fused-ring (bicyclic) bond motifs is 1. The van der Waals surface area contributed by atoms with Crippen LogP contribution in [0.25, 0.3) is 11.2 Å². The maximum Gasteiger partial charge on any atom is 0.165 e. The molecule has 0 aromatic carbocycles. The molecule has 2 aromatic heterocycles. The Morgan fingerprint density at radius 1 is 1.47 bits per heavy atom. The highest BCUT2D eigenvalue weighted by Gasteiger charge is 2.14. The topological polar surface area (TPSA) is 86.7 Å². The lowest BCUT2D eigenvalue weighted by molar-refractivity contribution is -0.122. The Hall–Kier alpha value is -1.98. The Balaban J connectivity index is 2.31. The minimum atomic E-state index is 0.0478. The fraction of sp³-hybridized carbons (Fsp3) is 0.455. The molecule has 2 heterocycles. The number of ketones is 1. The maximum absolute atomic E-state index is 11.8. The second-order valence-corrected chi connectivity index (χ2v) is 4.08. The van der Waals surface area contributed by atoms with E-state index >= 15 is 0 Å². The van der Waals surface area contributed by atoms with Gasteiger partial charge in [-0.05, 0) is 6.42 Å². The highest BCUT2D eigenvalue weighted by Crippen LogP contribution is 2.15. The van der Waals surface area contributed by atoms with Crippen molar-refractivity contribution in [1.29, 1.82) is 0 Å². The van der Waals surface area contributed by atoms with Crippen molar-refractivity contribution in [3.63, 3.8) is 0 Å². The number of nitrogens with zero attached hydrogens (tertiary/aromatic N) is 4. The van der Waals surface area contributed by atoms with E-state index < -0.39 is 0 Å². The fourth-order valence-corrected chi connectivity index (χ4v) is 1.57. The van der Waals surface area contributed by atoms with Crippen LogP contribution in [0.1, 0.15) is 20.3 Å². The van der Waals surface area contributed by atoms with E-state index in [4.69, 9.17) is 5.73 Å². The van der Waals surface area contributed by atoms with Gasteiger partial charge in [0.25, 0.3) is 0 Å². The van der Waals surface area contributed by atoms with Crippen molar-refractivity contribution in [1.82, 2.24) is 19.5 Å². The molecule has 0 aliphatic rings. The summed E-state index contributed by atoms with van der Waals surface area (Å²) in [4.78, 5) is 23.9. The fourth-order valence-electron chi connectivity index (χ4n) is 1.57. The third-order valence-corrected chi connectivity index (χ3v) is 2.92. The number of imidazole rings is 1. The van der Waals surface area contributed by atoms with E-state index in [0.29, 0.717) is 17.0 Å². The van der Waals surface area contributed by atoms with Crippen molar-refractivity contribution in [3.05, 3.63) is 12.7 Å². The van der Waals surface area contributed by atoms with Crippen LogP contribution in [0.5, 0.6) is 0 Å². The van der Waals surface area contributed by atoms with Crippen LogP contribution in [-0.4, -0.2) is 25.3 Å². The molecule has 2 aromatic rings. The minimum Gasteiger partial charge on any atom is -0.382 e. The predicted octanol–water partition coefficient (Wildman–Crippen LogP) is 1.02. The normalized spacial score (nSPS) is 12.8. The zero-order chi connectivity index (χ0) is 12.4. The van der Waals surface area contributed by atoms with Crippen LogP contribution in [0, 0.1) is 5.92 Å². The Labute approximate surface area is 98.9 Å². The van der Waals surface area contributed by atoms with E-state index in [1.165, 1.54) is 6.33 Å². The largest absolute Gasteiger partial charge is 0.382 e. The third kappa shape index (κ3) is 2.11. The molecule has 6 heteroatoms. The monoisotopic (exact) mass is 233 g/mol. The molecule has 2 rings (SSSR count). The molecule has 90 valence electrons. The van der Waals surface area contributed by atoms with Gasteiger partial charge in [-0.15, -0.1) is 0 Å². The summed E-state index contributed by atoms with van der Waals surface area (Å²) in [7, 11) is 0. The summed E-state index contributed by atoms with van der Waals surface area (Å²) >= 11 is 0. The van der Waals surface area contributed by atoms with Crippen molar-refractivity contribution in [2.75, 3.05) is 5.73 Å². The molecule has 0 saturated carbocycles. The number of carbonyl (C=O) groups is 1. The van der Waals surface area contributed by atoms with E-state index in [1.54, 1.807) is 10.9 Å². The summed E-state index contributed by atoms with van der Waals surface area (Å²) in [6.45, 7) is 4.20. The minimum absolute atomic E-state index is 0.0478. The molecule has 1 unspecified atom stereocenters. The molecule has 1 atom stereocenters. The summed E-state index contributed by atoms with van der Waals surface area (Å²) in [5, 5.41) is 0. The highest BCUT2D eigenvalue weighted by atomic mass is 16.1. The first-order valence-electron chi connectivity index (χ1n) is 5.57. The van der Waals surface area contributed by atoms with Gasteiger partial charge in [0.1, 0.15) is 11.8 Å². The maximum atomic E-state index is 11.8. The van der Waals surface area contributed by atoms with Crippen LogP contribution in [-0.2, 0) is 11.3 Å². The summed E-state index contributed by atoms with van der Waals surface area (Å²) in [6, 6.07) is 0. The second kappa shape index (κ2) is 4.48. The molecule has 0 amide bonds. The summed E-state index contributed by atoms with van der Waals surface area (Å²) in [5.74, 6) is 0.556. The molecule has 0 fully saturated rings. The molecular formula is C11H15N5O. The smallest absolute Gasteiger partial charge is 0.165 e. The molecule has 0 saturated heterocycles. The van der Waals surface area contributed by atoms with Gasteiger partial charge >= 0.3 is 0 Å². The number of anilines is 1. The van der Waals surface area contributed by atoms with Crippen LogP contribution in [0.3, 0.4) is 0 Å². The van der Waals surface area contributed by atoms with Gasteiger partial charge in [0.15, 0.2) is 17.2 Å². The van der Waals surface area contributed by atoms with Gasteiger partial charge in [-0.1, -0.05) is 13.8 Å². The molecule has 17 heavy (non-hydrogen) atoms. The number of hydrogen-bond donors (Lipinski definition) is 1. The summed E-state index contributed by atoms with van der Waals surface area (Å²) in [6.07, 6.45) is 3.79. The van der Waals surface area contributed by atoms with Crippen molar-refractivity contribution < 1.29 is 4.79 Å². The lowest BCUT2D eigenvalue weighted by Crippen LogP contribution is -2.17. The Kier molecular flexibility index (Phi) is 3.03. The number of nitrogens with two attached hydrogens (primary N) is 1. The first kappa shape index (κ1) is 11.5. The molecule has 0 aliphatic heterocycles. The van der Waals surface area contributed by atoms with Crippen molar-refractivity contribution in [3.8, 4) is 0 Å². The number of rotatable bonds is 4. The first-order valence-corrected chi connectivity index (χ1v) is 5.57. The zero-order valence-corrected chi connectivity index (χ0v) is 9.92. The van der Waals surface area contributed by atoms with Crippen LogP contribution in [0.15, 0.2) is 12.7 Å². The van der Waals surface area contributed by atoms with Crippen molar-refractivity contribution >= 4 is 22.8 Å². The van der Waals surface area contributed by atoms with Crippen LogP contribution in [0.2, 0.25) is 0 Å². The standard InChI is InChI=1S/C11H15N5O/c1-3-7(2)8(17)4-16-6-15-9-10(12)13-5-14-11(9)16/h5-7H,3-4H2,1-2H3,(H2,12,13,14). The third-order valence-electron chi connectivity index (χ3n) is 2.92. The number of carbonyl (C=O) groups excluding carboxylic acids is 1. The molecule has 2 N–H and O–H groups in total. The number of aromatic nitrogens is 4. The van der Waals surface area contributed by atoms with Gasteiger partial charge < -0.3 is 10.3 Å². The zero-order valence-electron chi connectivity index (χ0n) is 9.92. The van der Waals surface area contributed by atoms with E-state index in [-0.39, 0.29) is 18.2 Å². The Morgan fingerprint density at radius 2 is 2.24 bits per heavy atom. The highest BCUT2D eigenvalue weighted by molar-refractivity contribution is 5.85. The Morgan fingerprint density at radius 3 is 2.94 bits per heavy atom. The quantitative estimate of drug-likeness (QED) is 0.852. The summed E-state index contributed by atoms with van der Waals surface area (Å²) in [5.41, 5.74) is 6.83. The summed E-state index contributed by atoms with van der Waals surface area (Å²) < 4.78 is 1.71. The lowest BCUT2D eigenvalue weighted by Gasteiger charge is -2.08. The Bertz CT molecular complexity index is 548. The molecule has 0 aliphatic carbocycles. The van der Waals surface area contributed by atoms with E-state index in [2.05, 4.69) is 15.0 Å².